The Hall–Kier alpha value is -2.93. The van der Waals surface area contributed by atoms with Crippen molar-refractivity contribution >= 4 is 5.91 Å². The Morgan fingerprint density at radius 3 is 2.21 bits per heavy atom. The number of carbonyl (C=O) groups is 1. The topological polar surface area (TPSA) is 69.3 Å². The number of benzene rings is 2. The third kappa shape index (κ3) is 3.71. The third-order valence-corrected chi connectivity index (χ3v) is 4.91. The van der Waals surface area contributed by atoms with Gasteiger partial charge in [-0.2, -0.15) is 0 Å². The van der Waals surface area contributed by atoms with Crippen LogP contribution in [0.5, 0.6) is 23.0 Å². The molecule has 1 aliphatic rings. The molecule has 0 radical (unpaired) electrons. The maximum atomic E-state index is 13.4. The van der Waals surface area contributed by atoms with Crippen molar-refractivity contribution in [1.29, 1.82) is 0 Å². The van der Waals surface area contributed by atoms with Crippen LogP contribution in [0.4, 0.5) is 0 Å². The summed E-state index contributed by atoms with van der Waals surface area (Å²) in [6.45, 7) is 1.95. The lowest BCUT2D eigenvalue weighted by Crippen LogP contribution is -2.48. The molecule has 0 bridgehead atoms. The van der Waals surface area contributed by atoms with Crippen molar-refractivity contribution in [2.24, 2.45) is 0 Å². The molecule has 150 valence electrons. The van der Waals surface area contributed by atoms with E-state index in [0.29, 0.717) is 35.9 Å². The molecular formula is C21H26N2O5. The first-order valence-electron chi connectivity index (χ1n) is 9.09. The maximum absolute atomic E-state index is 13.4. The second-order valence-electron chi connectivity index (χ2n) is 6.37. The number of hydrogen-bond donors (Lipinski definition) is 1. The molecule has 7 heteroatoms. The van der Waals surface area contributed by atoms with E-state index in [4.69, 9.17) is 18.9 Å². The molecule has 1 fully saturated rings. The minimum Gasteiger partial charge on any atom is -0.496 e. The summed E-state index contributed by atoms with van der Waals surface area (Å²) in [6.07, 6.45) is 0. The molecule has 2 aromatic carbocycles. The highest BCUT2D eigenvalue weighted by atomic mass is 16.5. The molecule has 1 N–H and O–H groups in total. The SMILES string of the molecule is COc1ccccc1C1CNCCN1C(=O)c1cc(OC)c(OC)c(OC)c1. The fourth-order valence-electron chi connectivity index (χ4n) is 3.54. The molecule has 1 heterocycles. The molecule has 1 unspecified atom stereocenters. The summed E-state index contributed by atoms with van der Waals surface area (Å²) in [4.78, 5) is 15.3. The second-order valence-corrected chi connectivity index (χ2v) is 6.37. The van der Waals surface area contributed by atoms with E-state index in [1.807, 2.05) is 29.2 Å². The van der Waals surface area contributed by atoms with Gasteiger partial charge in [-0.1, -0.05) is 18.2 Å². The Kier molecular flexibility index (Phi) is 6.26. The molecular weight excluding hydrogens is 360 g/mol. The summed E-state index contributed by atoms with van der Waals surface area (Å²) >= 11 is 0. The number of piperazine rings is 1. The van der Waals surface area contributed by atoms with Gasteiger partial charge in [0, 0.05) is 30.8 Å². The van der Waals surface area contributed by atoms with E-state index in [1.165, 1.54) is 21.3 Å². The number of methoxy groups -OCH3 is 4. The minimum absolute atomic E-state index is 0.100. The van der Waals surface area contributed by atoms with Gasteiger partial charge in [-0.05, 0) is 18.2 Å². The highest BCUT2D eigenvalue weighted by molar-refractivity contribution is 5.96. The van der Waals surface area contributed by atoms with Gasteiger partial charge in [0.15, 0.2) is 11.5 Å². The average Bonchev–Trinajstić information content (AvgIpc) is 2.77. The van der Waals surface area contributed by atoms with Gasteiger partial charge >= 0.3 is 0 Å². The maximum Gasteiger partial charge on any atom is 0.254 e. The lowest BCUT2D eigenvalue weighted by atomic mass is 10.0. The summed E-state index contributed by atoms with van der Waals surface area (Å²) in [6, 6.07) is 11.0. The molecule has 0 aliphatic carbocycles. The van der Waals surface area contributed by atoms with Crippen LogP contribution in [0.25, 0.3) is 0 Å². The number of hydrogen-bond acceptors (Lipinski definition) is 6. The highest BCUT2D eigenvalue weighted by Gasteiger charge is 2.31. The van der Waals surface area contributed by atoms with E-state index >= 15 is 0 Å². The number of carbonyl (C=O) groups excluding carboxylic acids is 1. The van der Waals surface area contributed by atoms with Gasteiger partial charge in [-0.25, -0.2) is 0 Å². The van der Waals surface area contributed by atoms with E-state index < -0.39 is 0 Å². The van der Waals surface area contributed by atoms with E-state index in [2.05, 4.69) is 5.32 Å². The molecule has 3 rings (SSSR count). The third-order valence-electron chi connectivity index (χ3n) is 4.91. The van der Waals surface area contributed by atoms with Crippen LogP contribution in [-0.2, 0) is 0 Å². The second kappa shape index (κ2) is 8.84. The Balaban J connectivity index is 2.00. The number of nitrogens with one attached hydrogen (secondary N) is 1. The molecule has 1 aliphatic heterocycles. The first-order valence-corrected chi connectivity index (χ1v) is 9.09. The summed E-state index contributed by atoms with van der Waals surface area (Å²) in [5, 5.41) is 3.37. The van der Waals surface area contributed by atoms with Gasteiger partial charge in [-0.15, -0.1) is 0 Å². The van der Waals surface area contributed by atoms with Crippen LogP contribution in [0.2, 0.25) is 0 Å². The fourth-order valence-corrected chi connectivity index (χ4v) is 3.54. The first-order chi connectivity index (χ1) is 13.6. The van der Waals surface area contributed by atoms with Crippen LogP contribution in [0.15, 0.2) is 36.4 Å². The van der Waals surface area contributed by atoms with Gasteiger partial charge in [0.05, 0.1) is 34.5 Å². The molecule has 2 aromatic rings. The highest BCUT2D eigenvalue weighted by Crippen LogP contribution is 2.39. The van der Waals surface area contributed by atoms with E-state index in [1.54, 1.807) is 19.2 Å². The number of rotatable bonds is 6. The lowest BCUT2D eigenvalue weighted by Gasteiger charge is -2.37. The Labute approximate surface area is 165 Å². The molecule has 7 nitrogen and oxygen atoms in total. The zero-order chi connectivity index (χ0) is 20.1. The smallest absolute Gasteiger partial charge is 0.254 e. The lowest BCUT2D eigenvalue weighted by molar-refractivity contribution is 0.0631. The molecule has 1 amide bonds. The number of amides is 1. The standard InChI is InChI=1S/C21H26N2O5/c1-25-17-8-6-5-7-15(17)16-13-22-9-10-23(16)21(24)14-11-18(26-2)20(28-4)19(12-14)27-3/h5-8,11-12,16,22H,9-10,13H2,1-4H3. The summed E-state index contributed by atoms with van der Waals surface area (Å²) in [5.41, 5.74) is 1.45. The molecule has 0 saturated carbocycles. The number of para-hydroxylation sites is 1. The quantitative estimate of drug-likeness (QED) is 0.823. The predicted molar refractivity (Wildman–Crippen MR) is 106 cm³/mol. The van der Waals surface area contributed by atoms with Gasteiger partial charge in [0.25, 0.3) is 5.91 Å². The Morgan fingerprint density at radius 2 is 1.61 bits per heavy atom. The Morgan fingerprint density at radius 1 is 0.964 bits per heavy atom. The molecule has 0 spiro atoms. The normalized spacial score (nSPS) is 16.4. The van der Waals surface area contributed by atoms with Gasteiger partial charge in [-0.3, -0.25) is 4.79 Å². The van der Waals surface area contributed by atoms with Crippen LogP contribution in [0, 0.1) is 0 Å². The summed E-state index contributed by atoms with van der Waals surface area (Å²) in [5.74, 6) is 2.03. The zero-order valence-electron chi connectivity index (χ0n) is 16.7. The van der Waals surface area contributed by atoms with Crippen molar-refractivity contribution in [2.75, 3.05) is 48.1 Å². The average molecular weight is 386 g/mol. The van der Waals surface area contributed by atoms with Crippen molar-refractivity contribution < 1.29 is 23.7 Å². The molecule has 1 atom stereocenters. The zero-order valence-corrected chi connectivity index (χ0v) is 16.7. The molecule has 1 saturated heterocycles. The van der Waals surface area contributed by atoms with E-state index in [-0.39, 0.29) is 11.9 Å². The molecule has 0 aromatic heterocycles. The summed E-state index contributed by atoms with van der Waals surface area (Å²) < 4.78 is 21.7. The van der Waals surface area contributed by atoms with Crippen LogP contribution in [0.3, 0.4) is 0 Å². The predicted octanol–water partition coefficient (Wildman–Crippen LogP) is 2.51. The minimum atomic E-state index is -0.142. The molecule has 28 heavy (non-hydrogen) atoms. The fraction of sp³-hybridized carbons (Fsp3) is 0.381. The van der Waals surface area contributed by atoms with Crippen molar-refractivity contribution in [3.8, 4) is 23.0 Å². The van der Waals surface area contributed by atoms with Crippen LogP contribution in [0.1, 0.15) is 22.0 Å². The van der Waals surface area contributed by atoms with E-state index in [9.17, 15) is 4.79 Å². The summed E-state index contributed by atoms with van der Waals surface area (Å²) in [7, 11) is 6.25. The number of ether oxygens (including phenoxy) is 4. The van der Waals surface area contributed by atoms with Crippen molar-refractivity contribution in [3.05, 3.63) is 47.5 Å². The van der Waals surface area contributed by atoms with E-state index in [0.717, 1.165) is 17.9 Å². The van der Waals surface area contributed by atoms with Crippen molar-refractivity contribution in [3.63, 3.8) is 0 Å². The van der Waals surface area contributed by atoms with Crippen molar-refractivity contribution in [1.82, 2.24) is 10.2 Å². The van der Waals surface area contributed by atoms with Crippen molar-refractivity contribution in [2.45, 2.75) is 6.04 Å². The Bertz CT molecular complexity index is 814. The largest absolute Gasteiger partial charge is 0.496 e. The van der Waals surface area contributed by atoms with Gasteiger partial charge in [0.1, 0.15) is 5.75 Å². The van der Waals surface area contributed by atoms with Gasteiger partial charge < -0.3 is 29.2 Å². The first kappa shape index (κ1) is 19.8. The number of nitrogens with zero attached hydrogens (tertiary/aromatic N) is 1. The van der Waals surface area contributed by atoms with Crippen LogP contribution < -0.4 is 24.3 Å². The monoisotopic (exact) mass is 386 g/mol. The van der Waals surface area contributed by atoms with Crippen LogP contribution in [-0.4, -0.2) is 58.9 Å². The van der Waals surface area contributed by atoms with Crippen LogP contribution >= 0.6 is 0 Å². The van der Waals surface area contributed by atoms with Gasteiger partial charge in [0.2, 0.25) is 5.75 Å².